The minimum Gasteiger partial charge on any atom is -0.497 e. The predicted molar refractivity (Wildman–Crippen MR) is 61.3 cm³/mol. The molecule has 1 aromatic rings. The Morgan fingerprint density at radius 3 is 2.88 bits per heavy atom. The van der Waals surface area contributed by atoms with Gasteiger partial charge in [0.2, 0.25) is 0 Å². The Morgan fingerprint density at radius 1 is 1.31 bits per heavy atom. The van der Waals surface area contributed by atoms with Crippen molar-refractivity contribution in [3.63, 3.8) is 0 Å². The highest BCUT2D eigenvalue weighted by Gasteiger charge is 2.35. The largest absolute Gasteiger partial charge is 0.497 e. The molecular formula is C13H15NO2. The van der Waals surface area contributed by atoms with Gasteiger partial charge < -0.3 is 9.47 Å². The van der Waals surface area contributed by atoms with Gasteiger partial charge in [-0.2, -0.15) is 0 Å². The third-order valence-corrected chi connectivity index (χ3v) is 3.23. The van der Waals surface area contributed by atoms with E-state index < -0.39 is 0 Å². The van der Waals surface area contributed by atoms with Crippen LogP contribution in [0.15, 0.2) is 36.4 Å². The van der Waals surface area contributed by atoms with Crippen molar-refractivity contribution in [2.24, 2.45) is 0 Å². The van der Waals surface area contributed by atoms with Gasteiger partial charge >= 0.3 is 0 Å². The van der Waals surface area contributed by atoms with E-state index >= 15 is 0 Å². The Bertz CT molecular complexity index is 399. The maximum absolute atomic E-state index is 5.81. The highest BCUT2D eigenvalue weighted by Crippen LogP contribution is 2.33. The molecule has 0 amide bonds. The smallest absolute Gasteiger partial charge is 0.137 e. The van der Waals surface area contributed by atoms with E-state index in [1.807, 2.05) is 12.1 Å². The second-order valence-corrected chi connectivity index (χ2v) is 4.15. The van der Waals surface area contributed by atoms with Crippen LogP contribution >= 0.6 is 0 Å². The summed E-state index contributed by atoms with van der Waals surface area (Å²) in [6.07, 6.45) is 4.54. The molecule has 3 nitrogen and oxygen atoms in total. The van der Waals surface area contributed by atoms with Crippen molar-refractivity contribution in [1.82, 2.24) is 4.90 Å². The number of nitrogens with zero attached hydrogens (tertiary/aromatic N) is 1. The van der Waals surface area contributed by atoms with E-state index in [0.29, 0.717) is 6.04 Å². The number of ether oxygens (including phenoxy) is 2. The van der Waals surface area contributed by atoms with E-state index in [1.54, 1.807) is 7.11 Å². The topological polar surface area (TPSA) is 21.7 Å². The molecule has 84 valence electrons. The average molecular weight is 217 g/mol. The molecule has 0 unspecified atom stereocenters. The molecule has 2 aliphatic heterocycles. The first-order valence-corrected chi connectivity index (χ1v) is 5.56. The van der Waals surface area contributed by atoms with E-state index in [2.05, 4.69) is 29.2 Å². The van der Waals surface area contributed by atoms with Crippen LogP contribution in [-0.4, -0.2) is 31.2 Å². The number of rotatable bonds is 2. The normalized spacial score (nSPS) is 28.3. The summed E-state index contributed by atoms with van der Waals surface area (Å²) in [5.41, 5.74) is 1.20. The van der Waals surface area contributed by atoms with Crippen molar-refractivity contribution >= 4 is 0 Å². The van der Waals surface area contributed by atoms with Crippen LogP contribution in [0.4, 0.5) is 0 Å². The highest BCUT2D eigenvalue weighted by atomic mass is 16.5. The quantitative estimate of drug-likeness (QED) is 0.707. The van der Waals surface area contributed by atoms with Crippen LogP contribution in [0.5, 0.6) is 5.75 Å². The summed E-state index contributed by atoms with van der Waals surface area (Å²) in [7, 11) is 1.68. The zero-order valence-corrected chi connectivity index (χ0v) is 9.30. The van der Waals surface area contributed by atoms with Crippen LogP contribution in [0.1, 0.15) is 11.8 Å². The van der Waals surface area contributed by atoms with Gasteiger partial charge in [-0.3, -0.25) is 4.90 Å². The molecule has 0 saturated carbocycles. The van der Waals surface area contributed by atoms with E-state index in [-0.39, 0.29) is 6.23 Å². The van der Waals surface area contributed by atoms with Gasteiger partial charge in [0.05, 0.1) is 19.8 Å². The second kappa shape index (κ2) is 3.92. The Kier molecular flexibility index (Phi) is 2.42. The molecule has 0 N–H and O–H groups in total. The first kappa shape index (κ1) is 9.87. The third kappa shape index (κ3) is 1.52. The van der Waals surface area contributed by atoms with Gasteiger partial charge in [-0.15, -0.1) is 0 Å². The summed E-state index contributed by atoms with van der Waals surface area (Å²) in [5, 5.41) is 0. The molecule has 2 atom stereocenters. The summed E-state index contributed by atoms with van der Waals surface area (Å²) in [6.45, 7) is 1.79. The first-order chi connectivity index (χ1) is 7.88. The zero-order chi connectivity index (χ0) is 11.0. The lowest BCUT2D eigenvalue weighted by molar-refractivity contribution is 0.0383. The second-order valence-electron chi connectivity index (χ2n) is 4.15. The Labute approximate surface area is 95.3 Å². The fourth-order valence-corrected chi connectivity index (χ4v) is 2.35. The van der Waals surface area contributed by atoms with E-state index in [9.17, 15) is 0 Å². The Morgan fingerprint density at radius 2 is 2.12 bits per heavy atom. The zero-order valence-electron chi connectivity index (χ0n) is 9.30. The third-order valence-electron chi connectivity index (χ3n) is 3.23. The molecule has 0 bridgehead atoms. The SMILES string of the molecule is COc1ccc([C@H]2OC[C@@H]3C=CCN23)cc1. The number of methoxy groups -OCH3 is 1. The van der Waals surface area contributed by atoms with Gasteiger partial charge in [0.1, 0.15) is 12.0 Å². The Hall–Kier alpha value is -1.32. The summed E-state index contributed by atoms with van der Waals surface area (Å²) in [5.74, 6) is 0.887. The molecule has 0 spiro atoms. The number of hydrogen-bond acceptors (Lipinski definition) is 3. The van der Waals surface area contributed by atoms with Crippen molar-refractivity contribution in [2.45, 2.75) is 12.3 Å². The average Bonchev–Trinajstić information content (AvgIpc) is 2.91. The molecule has 16 heavy (non-hydrogen) atoms. The van der Waals surface area contributed by atoms with Crippen molar-refractivity contribution in [1.29, 1.82) is 0 Å². The van der Waals surface area contributed by atoms with Crippen LogP contribution in [0.25, 0.3) is 0 Å². The monoisotopic (exact) mass is 217 g/mol. The van der Waals surface area contributed by atoms with Crippen molar-refractivity contribution in [3.8, 4) is 5.75 Å². The predicted octanol–water partition coefficient (Wildman–Crippen LogP) is 1.96. The van der Waals surface area contributed by atoms with Crippen molar-refractivity contribution in [3.05, 3.63) is 42.0 Å². The lowest BCUT2D eigenvalue weighted by Crippen LogP contribution is -2.27. The lowest BCUT2D eigenvalue weighted by Gasteiger charge is -2.22. The molecule has 0 aromatic heterocycles. The van der Waals surface area contributed by atoms with Gasteiger partial charge in [0, 0.05) is 6.54 Å². The van der Waals surface area contributed by atoms with Crippen LogP contribution in [-0.2, 0) is 4.74 Å². The molecule has 1 fully saturated rings. The van der Waals surface area contributed by atoms with Gasteiger partial charge in [-0.25, -0.2) is 0 Å². The molecule has 1 aromatic carbocycles. The van der Waals surface area contributed by atoms with Gasteiger partial charge in [0.25, 0.3) is 0 Å². The molecule has 2 heterocycles. The minimum atomic E-state index is 0.103. The molecule has 0 radical (unpaired) electrons. The van der Waals surface area contributed by atoms with Crippen molar-refractivity contribution < 1.29 is 9.47 Å². The van der Waals surface area contributed by atoms with Gasteiger partial charge in [-0.1, -0.05) is 24.3 Å². The summed E-state index contributed by atoms with van der Waals surface area (Å²) in [6, 6.07) is 8.58. The van der Waals surface area contributed by atoms with Crippen LogP contribution in [0.3, 0.4) is 0 Å². The van der Waals surface area contributed by atoms with E-state index in [1.165, 1.54) is 5.56 Å². The maximum atomic E-state index is 5.81. The van der Waals surface area contributed by atoms with Crippen molar-refractivity contribution in [2.75, 3.05) is 20.3 Å². The molecule has 1 saturated heterocycles. The summed E-state index contributed by atoms with van der Waals surface area (Å²) in [4.78, 5) is 2.36. The first-order valence-electron chi connectivity index (χ1n) is 5.56. The molecule has 2 aliphatic rings. The van der Waals surface area contributed by atoms with E-state index in [0.717, 1.165) is 18.9 Å². The fraction of sp³-hybridized carbons (Fsp3) is 0.385. The molecule has 3 heteroatoms. The number of benzene rings is 1. The summed E-state index contributed by atoms with van der Waals surface area (Å²) >= 11 is 0. The number of hydrogen-bond donors (Lipinski definition) is 0. The van der Waals surface area contributed by atoms with Gasteiger partial charge in [0.15, 0.2) is 0 Å². The maximum Gasteiger partial charge on any atom is 0.137 e. The fourth-order valence-electron chi connectivity index (χ4n) is 2.35. The number of fused-ring (bicyclic) bond motifs is 1. The molecular weight excluding hydrogens is 202 g/mol. The van der Waals surface area contributed by atoms with Gasteiger partial charge in [-0.05, 0) is 17.7 Å². The lowest BCUT2D eigenvalue weighted by atomic mass is 10.2. The molecule has 3 rings (SSSR count). The summed E-state index contributed by atoms with van der Waals surface area (Å²) < 4.78 is 11.0. The minimum absolute atomic E-state index is 0.103. The van der Waals surface area contributed by atoms with Crippen LogP contribution < -0.4 is 4.74 Å². The van der Waals surface area contributed by atoms with Crippen LogP contribution in [0, 0.1) is 0 Å². The van der Waals surface area contributed by atoms with Crippen LogP contribution in [0.2, 0.25) is 0 Å². The highest BCUT2D eigenvalue weighted by molar-refractivity contribution is 5.29. The standard InChI is InChI=1S/C13H15NO2/c1-15-12-6-4-10(5-7-12)13-14-8-2-3-11(14)9-16-13/h2-7,11,13H,8-9H2,1H3/t11-,13+/m0/s1. The molecule has 0 aliphatic carbocycles. The Balaban J connectivity index is 1.82. The van der Waals surface area contributed by atoms with E-state index in [4.69, 9.17) is 9.47 Å².